The predicted octanol–water partition coefficient (Wildman–Crippen LogP) is 4.31. The molecule has 17 heavy (non-hydrogen) atoms. The van der Waals surface area contributed by atoms with Gasteiger partial charge in [-0.15, -0.1) is 0 Å². The van der Waals surface area contributed by atoms with Gasteiger partial charge in [0.2, 0.25) is 0 Å². The van der Waals surface area contributed by atoms with E-state index in [1.165, 1.54) is 12.1 Å². The van der Waals surface area contributed by atoms with E-state index in [0.717, 1.165) is 15.6 Å². The maximum atomic E-state index is 13.0. The average Bonchev–Trinajstić information content (AvgIpc) is 2.35. The summed E-state index contributed by atoms with van der Waals surface area (Å²) in [6.45, 7) is 0.928. The third kappa shape index (κ3) is 3.65. The molecule has 88 valence electrons. The van der Waals surface area contributed by atoms with Crippen molar-refractivity contribution in [3.63, 3.8) is 0 Å². The lowest BCUT2D eigenvalue weighted by Crippen LogP contribution is -1.95. The second kappa shape index (κ2) is 5.94. The van der Waals surface area contributed by atoms with Gasteiger partial charge in [0.25, 0.3) is 0 Å². The van der Waals surface area contributed by atoms with Gasteiger partial charge in [-0.2, -0.15) is 0 Å². The quantitative estimate of drug-likeness (QED) is 0.817. The van der Waals surface area contributed by atoms with Crippen molar-refractivity contribution in [1.82, 2.24) is 0 Å². The van der Waals surface area contributed by atoms with Gasteiger partial charge in [-0.3, -0.25) is 0 Å². The standard InChI is InChI=1S/C14H12BrFO/c15-14-7-6-13(16)8-12(14)10-17-9-11-4-2-1-3-5-11/h1-8H,9-10H2. The average molecular weight is 295 g/mol. The van der Waals surface area contributed by atoms with E-state index < -0.39 is 0 Å². The Morgan fingerprint density at radius 1 is 1.00 bits per heavy atom. The van der Waals surface area contributed by atoms with Crippen molar-refractivity contribution in [2.75, 3.05) is 0 Å². The minimum absolute atomic E-state index is 0.244. The van der Waals surface area contributed by atoms with Crippen LogP contribution in [-0.4, -0.2) is 0 Å². The van der Waals surface area contributed by atoms with Crippen LogP contribution in [0.2, 0.25) is 0 Å². The molecule has 0 N–H and O–H groups in total. The second-order valence-corrected chi connectivity index (χ2v) is 4.57. The molecule has 0 unspecified atom stereocenters. The Labute approximate surface area is 108 Å². The highest BCUT2D eigenvalue weighted by molar-refractivity contribution is 9.10. The van der Waals surface area contributed by atoms with Gasteiger partial charge in [0.15, 0.2) is 0 Å². The summed E-state index contributed by atoms with van der Waals surface area (Å²) in [6, 6.07) is 14.5. The summed E-state index contributed by atoms with van der Waals surface area (Å²) in [4.78, 5) is 0. The SMILES string of the molecule is Fc1ccc(Br)c(COCc2ccccc2)c1. The van der Waals surface area contributed by atoms with Crippen LogP contribution in [0, 0.1) is 5.82 Å². The summed E-state index contributed by atoms with van der Waals surface area (Å²) in [6.07, 6.45) is 0. The maximum absolute atomic E-state index is 13.0. The molecule has 0 aromatic heterocycles. The van der Waals surface area contributed by atoms with E-state index in [2.05, 4.69) is 15.9 Å². The van der Waals surface area contributed by atoms with E-state index in [1.807, 2.05) is 30.3 Å². The lowest BCUT2D eigenvalue weighted by Gasteiger charge is -2.06. The first kappa shape index (κ1) is 12.3. The summed E-state index contributed by atoms with van der Waals surface area (Å²) >= 11 is 3.37. The number of hydrogen-bond acceptors (Lipinski definition) is 1. The summed E-state index contributed by atoms with van der Waals surface area (Å²) < 4.78 is 19.4. The molecule has 0 aliphatic rings. The molecule has 1 nitrogen and oxygen atoms in total. The lowest BCUT2D eigenvalue weighted by molar-refractivity contribution is 0.106. The predicted molar refractivity (Wildman–Crippen MR) is 69.0 cm³/mol. The van der Waals surface area contributed by atoms with Crippen LogP contribution in [0.1, 0.15) is 11.1 Å². The summed E-state index contributed by atoms with van der Waals surface area (Å²) in [5, 5.41) is 0. The van der Waals surface area contributed by atoms with E-state index in [4.69, 9.17) is 4.74 Å². The van der Waals surface area contributed by atoms with E-state index in [-0.39, 0.29) is 5.82 Å². The van der Waals surface area contributed by atoms with E-state index in [9.17, 15) is 4.39 Å². The highest BCUT2D eigenvalue weighted by Crippen LogP contribution is 2.19. The zero-order valence-corrected chi connectivity index (χ0v) is 10.8. The minimum atomic E-state index is -0.244. The van der Waals surface area contributed by atoms with Gasteiger partial charge in [-0.05, 0) is 29.3 Å². The zero-order valence-electron chi connectivity index (χ0n) is 9.20. The molecule has 0 amide bonds. The molecule has 0 aliphatic heterocycles. The fourth-order valence-electron chi connectivity index (χ4n) is 1.51. The summed E-state index contributed by atoms with van der Waals surface area (Å²) in [5.74, 6) is -0.244. The van der Waals surface area contributed by atoms with Crippen molar-refractivity contribution in [2.24, 2.45) is 0 Å². The Bertz CT molecular complexity index is 485. The van der Waals surface area contributed by atoms with Crippen molar-refractivity contribution in [3.05, 3.63) is 69.9 Å². The van der Waals surface area contributed by atoms with Crippen LogP contribution in [0.5, 0.6) is 0 Å². The zero-order chi connectivity index (χ0) is 12.1. The van der Waals surface area contributed by atoms with E-state index in [0.29, 0.717) is 13.2 Å². The number of rotatable bonds is 4. The van der Waals surface area contributed by atoms with Crippen LogP contribution in [0.15, 0.2) is 53.0 Å². The molecule has 2 rings (SSSR count). The van der Waals surface area contributed by atoms with Crippen molar-refractivity contribution in [2.45, 2.75) is 13.2 Å². The fraction of sp³-hybridized carbons (Fsp3) is 0.143. The maximum Gasteiger partial charge on any atom is 0.123 e. The Morgan fingerprint density at radius 2 is 1.76 bits per heavy atom. The molecule has 0 fully saturated rings. The normalized spacial score (nSPS) is 10.5. The van der Waals surface area contributed by atoms with E-state index in [1.54, 1.807) is 6.07 Å². The number of hydrogen-bond donors (Lipinski definition) is 0. The molecule has 0 heterocycles. The molecule has 0 aliphatic carbocycles. The molecule has 2 aromatic carbocycles. The first-order valence-corrected chi connectivity index (χ1v) is 6.10. The summed E-state index contributed by atoms with van der Waals surface area (Å²) in [5.41, 5.74) is 1.93. The van der Waals surface area contributed by atoms with Gasteiger partial charge in [0, 0.05) is 4.47 Å². The van der Waals surface area contributed by atoms with Gasteiger partial charge in [0.05, 0.1) is 13.2 Å². The van der Waals surface area contributed by atoms with Crippen LogP contribution < -0.4 is 0 Å². The van der Waals surface area contributed by atoms with Gasteiger partial charge in [-0.1, -0.05) is 46.3 Å². The molecule has 0 saturated heterocycles. The monoisotopic (exact) mass is 294 g/mol. The largest absolute Gasteiger partial charge is 0.372 e. The van der Waals surface area contributed by atoms with Crippen LogP contribution in [-0.2, 0) is 18.0 Å². The third-order valence-electron chi connectivity index (χ3n) is 2.38. The molecule has 3 heteroatoms. The first-order chi connectivity index (χ1) is 8.25. The van der Waals surface area contributed by atoms with Gasteiger partial charge in [-0.25, -0.2) is 4.39 Å². The molecule has 0 spiro atoms. The van der Waals surface area contributed by atoms with Gasteiger partial charge in [0.1, 0.15) is 5.82 Å². The number of benzene rings is 2. The highest BCUT2D eigenvalue weighted by atomic mass is 79.9. The second-order valence-electron chi connectivity index (χ2n) is 3.71. The molecular weight excluding hydrogens is 283 g/mol. The molecule has 0 radical (unpaired) electrons. The van der Waals surface area contributed by atoms with Gasteiger partial charge >= 0.3 is 0 Å². The van der Waals surface area contributed by atoms with Gasteiger partial charge < -0.3 is 4.74 Å². The topological polar surface area (TPSA) is 9.23 Å². The van der Waals surface area contributed by atoms with Crippen molar-refractivity contribution < 1.29 is 9.13 Å². The Balaban J connectivity index is 1.92. The van der Waals surface area contributed by atoms with Crippen LogP contribution >= 0.6 is 15.9 Å². The van der Waals surface area contributed by atoms with Crippen LogP contribution in [0.25, 0.3) is 0 Å². The van der Waals surface area contributed by atoms with Crippen molar-refractivity contribution in [1.29, 1.82) is 0 Å². The Morgan fingerprint density at radius 3 is 2.53 bits per heavy atom. The molecule has 0 saturated carbocycles. The lowest BCUT2D eigenvalue weighted by atomic mass is 10.2. The van der Waals surface area contributed by atoms with Crippen molar-refractivity contribution in [3.8, 4) is 0 Å². The number of ether oxygens (including phenoxy) is 1. The molecule has 0 bridgehead atoms. The van der Waals surface area contributed by atoms with Crippen molar-refractivity contribution >= 4 is 15.9 Å². The molecule has 0 atom stereocenters. The highest BCUT2D eigenvalue weighted by Gasteiger charge is 2.02. The first-order valence-electron chi connectivity index (χ1n) is 5.31. The molecular formula is C14H12BrFO. The fourth-order valence-corrected chi connectivity index (χ4v) is 1.87. The third-order valence-corrected chi connectivity index (χ3v) is 3.15. The minimum Gasteiger partial charge on any atom is -0.372 e. The number of halogens is 2. The van der Waals surface area contributed by atoms with Crippen LogP contribution in [0.4, 0.5) is 4.39 Å². The smallest absolute Gasteiger partial charge is 0.123 e. The van der Waals surface area contributed by atoms with Crippen LogP contribution in [0.3, 0.4) is 0 Å². The molecule has 2 aromatic rings. The Kier molecular flexibility index (Phi) is 4.29. The summed E-state index contributed by atoms with van der Waals surface area (Å²) in [7, 11) is 0. The van der Waals surface area contributed by atoms with E-state index >= 15 is 0 Å². The Hall–Kier alpha value is -1.19.